The lowest BCUT2D eigenvalue weighted by atomic mass is 10.1. The van der Waals surface area contributed by atoms with Crippen molar-refractivity contribution in [3.05, 3.63) is 65.9 Å². The van der Waals surface area contributed by atoms with E-state index in [0.717, 1.165) is 10.9 Å². The number of fused-ring (bicyclic) bond motifs is 1. The molecule has 0 saturated heterocycles. The normalized spacial score (nSPS) is 12.4. The standard InChI is InChI=1S/C16H11Br4NO2S/c17-15(18)13-11-8-4-5-9-12(11)21(14(13)16(19)20)24(22,23)10-6-2-1-3-7-10/h1-9,15-16H. The Morgan fingerprint density at radius 1 is 0.792 bits per heavy atom. The molecule has 0 spiro atoms. The average Bonchev–Trinajstić information content (AvgIpc) is 2.92. The second-order valence-electron chi connectivity index (χ2n) is 5.00. The van der Waals surface area contributed by atoms with Crippen molar-refractivity contribution in [3.63, 3.8) is 0 Å². The van der Waals surface area contributed by atoms with Gasteiger partial charge in [0, 0.05) is 10.9 Å². The van der Waals surface area contributed by atoms with Gasteiger partial charge in [0.1, 0.15) is 3.74 Å². The van der Waals surface area contributed by atoms with Gasteiger partial charge in [0.05, 0.1) is 19.8 Å². The Kier molecular flexibility index (Phi) is 5.61. The molecular formula is C16H11Br4NO2S. The Hall–Kier alpha value is -0.150. The van der Waals surface area contributed by atoms with Crippen molar-refractivity contribution in [2.24, 2.45) is 0 Å². The van der Waals surface area contributed by atoms with Crippen LogP contribution in [0.25, 0.3) is 10.9 Å². The van der Waals surface area contributed by atoms with E-state index in [2.05, 4.69) is 63.7 Å². The average molecular weight is 601 g/mol. The molecule has 8 heteroatoms. The summed E-state index contributed by atoms with van der Waals surface area (Å²) in [4.78, 5) is 0.250. The third kappa shape index (κ3) is 3.16. The molecule has 0 aliphatic heterocycles. The number of hydrogen-bond acceptors (Lipinski definition) is 2. The molecule has 3 aromatic rings. The summed E-state index contributed by atoms with van der Waals surface area (Å²) in [6.45, 7) is 0. The first-order valence-electron chi connectivity index (χ1n) is 6.86. The maximum atomic E-state index is 13.3. The number of alkyl halides is 4. The summed E-state index contributed by atoms with van der Waals surface area (Å²) in [5.41, 5.74) is 2.13. The minimum absolute atomic E-state index is 0.185. The van der Waals surface area contributed by atoms with Crippen molar-refractivity contribution in [2.75, 3.05) is 0 Å². The minimum Gasteiger partial charge on any atom is -0.236 e. The van der Waals surface area contributed by atoms with Crippen LogP contribution < -0.4 is 0 Å². The maximum Gasteiger partial charge on any atom is 0.268 e. The van der Waals surface area contributed by atoms with E-state index in [4.69, 9.17) is 0 Å². The number of nitrogens with zero attached hydrogens (tertiary/aromatic N) is 1. The predicted octanol–water partition coefficient (Wildman–Crippen LogP) is 6.46. The first kappa shape index (κ1) is 18.6. The van der Waals surface area contributed by atoms with Gasteiger partial charge < -0.3 is 0 Å². The highest BCUT2D eigenvalue weighted by Gasteiger charge is 2.30. The number of aromatic nitrogens is 1. The van der Waals surface area contributed by atoms with Crippen molar-refractivity contribution in [2.45, 2.75) is 12.4 Å². The number of para-hydroxylation sites is 1. The monoisotopic (exact) mass is 597 g/mol. The van der Waals surface area contributed by atoms with E-state index >= 15 is 0 Å². The second kappa shape index (κ2) is 7.23. The number of hydrogen-bond donors (Lipinski definition) is 0. The molecule has 0 unspecified atom stereocenters. The van der Waals surface area contributed by atoms with Gasteiger partial charge in [0.2, 0.25) is 0 Å². The lowest BCUT2D eigenvalue weighted by molar-refractivity contribution is 0.587. The van der Waals surface area contributed by atoms with Crippen LogP contribution in [0.5, 0.6) is 0 Å². The van der Waals surface area contributed by atoms with Gasteiger partial charge in [0.25, 0.3) is 10.0 Å². The summed E-state index contributed by atoms with van der Waals surface area (Å²) >= 11 is 14.0. The first-order valence-corrected chi connectivity index (χ1v) is 12.0. The Morgan fingerprint density at radius 2 is 1.38 bits per heavy atom. The van der Waals surface area contributed by atoms with E-state index < -0.39 is 10.0 Å². The van der Waals surface area contributed by atoms with Crippen LogP contribution in [0.2, 0.25) is 0 Å². The highest BCUT2D eigenvalue weighted by atomic mass is 79.9. The fourth-order valence-corrected chi connectivity index (χ4v) is 6.38. The fraction of sp³-hybridized carbons (Fsp3) is 0.125. The van der Waals surface area contributed by atoms with Crippen LogP contribution in [-0.2, 0) is 10.0 Å². The highest BCUT2D eigenvalue weighted by molar-refractivity contribution is 9.24. The van der Waals surface area contributed by atoms with Gasteiger partial charge >= 0.3 is 0 Å². The molecule has 0 amide bonds. The van der Waals surface area contributed by atoms with Crippen LogP contribution in [-0.4, -0.2) is 12.4 Å². The Bertz CT molecular complexity index is 982. The molecule has 3 nitrogen and oxygen atoms in total. The van der Waals surface area contributed by atoms with Gasteiger partial charge in [-0.25, -0.2) is 12.4 Å². The topological polar surface area (TPSA) is 39.1 Å². The maximum absolute atomic E-state index is 13.3. The Morgan fingerprint density at radius 3 is 1.96 bits per heavy atom. The molecule has 1 aromatic heterocycles. The zero-order valence-corrected chi connectivity index (χ0v) is 19.2. The molecule has 0 fully saturated rings. The van der Waals surface area contributed by atoms with E-state index in [0.29, 0.717) is 11.2 Å². The SMILES string of the molecule is O=S(=O)(c1ccccc1)n1c(C(Br)Br)c(C(Br)Br)c2ccccc21. The summed E-state index contributed by atoms with van der Waals surface area (Å²) in [5, 5.41) is 0.870. The van der Waals surface area contributed by atoms with Crippen LogP contribution in [0.4, 0.5) is 0 Å². The second-order valence-corrected chi connectivity index (χ2v) is 12.9. The van der Waals surface area contributed by atoms with E-state index in [1.54, 1.807) is 30.3 Å². The van der Waals surface area contributed by atoms with Crippen molar-refractivity contribution >= 4 is 84.6 Å². The van der Waals surface area contributed by atoms with Crippen LogP contribution in [0.15, 0.2) is 59.5 Å². The zero-order valence-electron chi connectivity index (χ0n) is 12.0. The predicted molar refractivity (Wildman–Crippen MR) is 112 cm³/mol. The molecule has 0 aliphatic carbocycles. The van der Waals surface area contributed by atoms with Crippen LogP contribution in [0, 0.1) is 0 Å². The molecule has 0 radical (unpaired) electrons. The van der Waals surface area contributed by atoms with Gasteiger partial charge in [-0.15, -0.1) is 0 Å². The van der Waals surface area contributed by atoms with E-state index in [9.17, 15) is 8.42 Å². The summed E-state index contributed by atoms with van der Waals surface area (Å²) in [5.74, 6) is 0. The Balaban J connectivity index is 2.46. The molecule has 0 N–H and O–H groups in total. The number of benzene rings is 2. The molecular weight excluding hydrogens is 590 g/mol. The van der Waals surface area contributed by atoms with E-state index in [-0.39, 0.29) is 12.4 Å². The van der Waals surface area contributed by atoms with Gasteiger partial charge in [-0.3, -0.25) is 0 Å². The molecule has 0 saturated carbocycles. The molecule has 1 heterocycles. The van der Waals surface area contributed by atoms with Crippen LogP contribution in [0.1, 0.15) is 18.7 Å². The van der Waals surface area contributed by atoms with Crippen LogP contribution in [0.3, 0.4) is 0 Å². The van der Waals surface area contributed by atoms with Crippen molar-refractivity contribution in [1.29, 1.82) is 0 Å². The molecule has 24 heavy (non-hydrogen) atoms. The zero-order chi connectivity index (χ0) is 17.5. The van der Waals surface area contributed by atoms with Crippen molar-refractivity contribution in [3.8, 4) is 0 Å². The van der Waals surface area contributed by atoms with E-state index in [1.807, 2.05) is 24.3 Å². The summed E-state index contributed by atoms with van der Waals surface area (Å²) in [6, 6.07) is 15.9. The molecule has 0 atom stereocenters. The lowest BCUT2D eigenvalue weighted by Gasteiger charge is -2.14. The quantitative estimate of drug-likeness (QED) is 0.323. The lowest BCUT2D eigenvalue weighted by Crippen LogP contribution is -2.16. The van der Waals surface area contributed by atoms with Crippen LogP contribution >= 0.6 is 63.7 Å². The highest BCUT2D eigenvalue weighted by Crippen LogP contribution is 2.46. The van der Waals surface area contributed by atoms with Gasteiger partial charge in [0.15, 0.2) is 0 Å². The summed E-state index contributed by atoms with van der Waals surface area (Å²) in [6.07, 6.45) is 0. The van der Waals surface area contributed by atoms with Gasteiger partial charge in [-0.05, 0) is 18.2 Å². The van der Waals surface area contributed by atoms with Gasteiger partial charge in [-0.2, -0.15) is 0 Å². The van der Waals surface area contributed by atoms with Crippen molar-refractivity contribution < 1.29 is 8.42 Å². The fourth-order valence-electron chi connectivity index (χ4n) is 2.65. The van der Waals surface area contributed by atoms with Crippen molar-refractivity contribution in [1.82, 2.24) is 3.97 Å². The third-order valence-electron chi connectivity index (χ3n) is 3.61. The molecule has 3 rings (SSSR count). The van der Waals surface area contributed by atoms with E-state index in [1.165, 1.54) is 3.97 Å². The summed E-state index contributed by atoms with van der Waals surface area (Å²) in [7, 11) is -3.74. The minimum atomic E-state index is -3.74. The largest absolute Gasteiger partial charge is 0.268 e. The first-order chi connectivity index (χ1) is 11.4. The Labute approximate surface area is 174 Å². The number of halogens is 4. The third-order valence-corrected chi connectivity index (χ3v) is 7.14. The number of rotatable bonds is 4. The smallest absolute Gasteiger partial charge is 0.236 e. The molecule has 126 valence electrons. The van der Waals surface area contributed by atoms with Gasteiger partial charge in [-0.1, -0.05) is 100 Å². The molecule has 2 aromatic carbocycles. The molecule has 0 aliphatic rings. The summed E-state index contributed by atoms with van der Waals surface area (Å²) < 4.78 is 27.5. The molecule has 0 bridgehead atoms.